The van der Waals surface area contributed by atoms with Crippen LogP contribution in [0.2, 0.25) is 0 Å². The van der Waals surface area contributed by atoms with Crippen molar-refractivity contribution in [3.8, 4) is 11.4 Å². The lowest BCUT2D eigenvalue weighted by atomic mass is 10.1. The number of hydrogen-bond donors (Lipinski definition) is 2. The first-order valence-electron chi connectivity index (χ1n) is 5.61. The molecule has 0 saturated carbocycles. The van der Waals surface area contributed by atoms with E-state index in [-0.39, 0.29) is 12.4 Å². The number of nitrogens with one attached hydrogen (secondary N) is 1. The third kappa shape index (κ3) is 2.23. The van der Waals surface area contributed by atoms with E-state index in [9.17, 15) is 0 Å². The van der Waals surface area contributed by atoms with Crippen LogP contribution in [0.4, 0.5) is 0 Å². The minimum absolute atomic E-state index is 0. The van der Waals surface area contributed by atoms with Crippen LogP contribution in [0.25, 0.3) is 22.4 Å². The molecule has 0 radical (unpaired) electrons. The molecule has 0 bridgehead atoms. The van der Waals surface area contributed by atoms with Crippen molar-refractivity contribution < 1.29 is 0 Å². The van der Waals surface area contributed by atoms with Crippen LogP contribution in [0.3, 0.4) is 0 Å². The highest BCUT2D eigenvalue weighted by atomic mass is 35.5. The molecule has 92 valence electrons. The summed E-state index contributed by atoms with van der Waals surface area (Å²) in [5, 5.41) is 0. The largest absolute Gasteiger partial charge is 0.338 e. The van der Waals surface area contributed by atoms with Gasteiger partial charge in [0.1, 0.15) is 5.82 Å². The van der Waals surface area contributed by atoms with E-state index >= 15 is 0 Å². The van der Waals surface area contributed by atoms with Gasteiger partial charge >= 0.3 is 0 Å². The minimum Gasteiger partial charge on any atom is -0.338 e. The number of aromatic amines is 1. The zero-order valence-electron chi connectivity index (χ0n) is 9.76. The summed E-state index contributed by atoms with van der Waals surface area (Å²) in [6, 6.07) is 16.1. The number of benzene rings is 2. The summed E-state index contributed by atoms with van der Waals surface area (Å²) < 4.78 is 0. The molecule has 1 aromatic heterocycles. The zero-order valence-corrected chi connectivity index (χ0v) is 10.6. The van der Waals surface area contributed by atoms with Crippen molar-refractivity contribution in [1.82, 2.24) is 9.97 Å². The van der Waals surface area contributed by atoms with Gasteiger partial charge in [-0.05, 0) is 23.8 Å². The van der Waals surface area contributed by atoms with Gasteiger partial charge in [0.05, 0.1) is 11.0 Å². The predicted octanol–water partition coefficient (Wildman–Crippen LogP) is 3.11. The number of nitrogens with two attached hydrogens (primary N) is 1. The van der Waals surface area contributed by atoms with Gasteiger partial charge in [0.2, 0.25) is 0 Å². The maximum atomic E-state index is 5.64. The number of aromatic nitrogens is 2. The molecular formula is C14H14ClN3. The molecule has 3 aromatic rings. The van der Waals surface area contributed by atoms with Gasteiger partial charge < -0.3 is 10.7 Å². The Morgan fingerprint density at radius 3 is 2.67 bits per heavy atom. The standard InChI is InChI=1S/C14H13N3.ClH/c15-9-10-4-3-5-11(8-10)14-16-12-6-1-2-7-13(12)17-14;/h1-8H,9,15H2,(H,16,17);1H. The van der Waals surface area contributed by atoms with Crippen LogP contribution in [0.15, 0.2) is 48.5 Å². The quantitative estimate of drug-likeness (QED) is 0.743. The molecule has 0 amide bonds. The predicted molar refractivity (Wildman–Crippen MR) is 76.7 cm³/mol. The van der Waals surface area contributed by atoms with E-state index in [1.54, 1.807) is 0 Å². The minimum atomic E-state index is 0. The van der Waals surface area contributed by atoms with E-state index in [1.807, 2.05) is 42.5 Å². The number of rotatable bonds is 2. The van der Waals surface area contributed by atoms with Crippen LogP contribution in [-0.4, -0.2) is 9.97 Å². The van der Waals surface area contributed by atoms with Crippen molar-refractivity contribution in [1.29, 1.82) is 0 Å². The first kappa shape index (κ1) is 12.6. The molecule has 1 heterocycles. The zero-order chi connectivity index (χ0) is 11.7. The number of para-hydroxylation sites is 2. The number of nitrogens with zero attached hydrogens (tertiary/aromatic N) is 1. The number of fused-ring (bicyclic) bond motifs is 1. The molecule has 3 nitrogen and oxygen atoms in total. The van der Waals surface area contributed by atoms with E-state index in [1.165, 1.54) is 0 Å². The smallest absolute Gasteiger partial charge is 0.138 e. The van der Waals surface area contributed by atoms with Gasteiger partial charge in [0.15, 0.2) is 0 Å². The maximum absolute atomic E-state index is 5.64. The lowest BCUT2D eigenvalue weighted by molar-refractivity contribution is 1.07. The Morgan fingerprint density at radius 1 is 1.06 bits per heavy atom. The van der Waals surface area contributed by atoms with E-state index in [2.05, 4.69) is 16.0 Å². The number of imidazole rings is 1. The molecule has 4 heteroatoms. The van der Waals surface area contributed by atoms with Gasteiger partial charge in [0.25, 0.3) is 0 Å². The third-order valence-corrected chi connectivity index (χ3v) is 2.83. The Bertz CT molecular complexity index is 628. The molecule has 3 rings (SSSR count). The molecule has 0 spiro atoms. The van der Waals surface area contributed by atoms with Crippen LogP contribution in [0.1, 0.15) is 5.56 Å². The molecule has 0 atom stereocenters. The average Bonchev–Trinajstić information content (AvgIpc) is 2.82. The number of hydrogen-bond acceptors (Lipinski definition) is 2. The summed E-state index contributed by atoms with van der Waals surface area (Å²) in [6.07, 6.45) is 0. The highest BCUT2D eigenvalue weighted by Gasteiger charge is 2.04. The van der Waals surface area contributed by atoms with Crippen molar-refractivity contribution in [3.05, 3.63) is 54.1 Å². The summed E-state index contributed by atoms with van der Waals surface area (Å²) in [7, 11) is 0. The molecule has 0 aliphatic rings. The van der Waals surface area contributed by atoms with E-state index in [4.69, 9.17) is 5.73 Å². The van der Waals surface area contributed by atoms with Gasteiger partial charge in [-0.3, -0.25) is 0 Å². The van der Waals surface area contributed by atoms with Crippen molar-refractivity contribution in [2.24, 2.45) is 5.73 Å². The van der Waals surface area contributed by atoms with Gasteiger partial charge in [-0.2, -0.15) is 0 Å². The molecule has 18 heavy (non-hydrogen) atoms. The fraction of sp³-hybridized carbons (Fsp3) is 0.0714. The fourth-order valence-electron chi connectivity index (χ4n) is 1.94. The first-order valence-corrected chi connectivity index (χ1v) is 5.61. The van der Waals surface area contributed by atoms with E-state index in [0.717, 1.165) is 28.0 Å². The molecule has 2 aromatic carbocycles. The second kappa shape index (κ2) is 5.21. The Morgan fingerprint density at radius 2 is 1.89 bits per heavy atom. The van der Waals surface area contributed by atoms with Crippen LogP contribution in [0.5, 0.6) is 0 Å². The molecular weight excluding hydrogens is 246 g/mol. The fourth-order valence-corrected chi connectivity index (χ4v) is 1.94. The van der Waals surface area contributed by atoms with E-state index in [0.29, 0.717) is 6.54 Å². The summed E-state index contributed by atoms with van der Waals surface area (Å²) >= 11 is 0. The first-order chi connectivity index (χ1) is 8.36. The summed E-state index contributed by atoms with van der Waals surface area (Å²) in [6.45, 7) is 0.550. The number of H-pyrrole nitrogens is 1. The van der Waals surface area contributed by atoms with Crippen molar-refractivity contribution >= 4 is 23.4 Å². The highest BCUT2D eigenvalue weighted by Crippen LogP contribution is 2.20. The monoisotopic (exact) mass is 259 g/mol. The van der Waals surface area contributed by atoms with Crippen molar-refractivity contribution in [2.45, 2.75) is 6.54 Å². The topological polar surface area (TPSA) is 54.7 Å². The van der Waals surface area contributed by atoms with Crippen LogP contribution >= 0.6 is 12.4 Å². The SMILES string of the molecule is Cl.NCc1cccc(-c2nc3ccccc3[nH]2)c1. The van der Waals surface area contributed by atoms with E-state index < -0.39 is 0 Å². The second-order valence-electron chi connectivity index (χ2n) is 4.01. The summed E-state index contributed by atoms with van der Waals surface area (Å²) in [5.74, 6) is 0.890. The summed E-state index contributed by atoms with van der Waals surface area (Å²) in [4.78, 5) is 7.87. The lowest BCUT2D eigenvalue weighted by Gasteiger charge is -1.99. The Kier molecular flexibility index (Phi) is 3.65. The summed E-state index contributed by atoms with van der Waals surface area (Å²) in [5.41, 5.74) is 9.87. The maximum Gasteiger partial charge on any atom is 0.138 e. The molecule has 0 fully saturated rings. The van der Waals surface area contributed by atoms with Gasteiger partial charge in [0, 0.05) is 12.1 Å². The molecule has 0 aliphatic carbocycles. The Labute approximate surface area is 111 Å². The Balaban J connectivity index is 0.00000120. The number of halogens is 1. The van der Waals surface area contributed by atoms with Crippen LogP contribution in [0, 0.1) is 0 Å². The average molecular weight is 260 g/mol. The van der Waals surface area contributed by atoms with Gasteiger partial charge in [-0.25, -0.2) is 4.98 Å². The highest BCUT2D eigenvalue weighted by molar-refractivity contribution is 5.85. The van der Waals surface area contributed by atoms with Crippen molar-refractivity contribution in [2.75, 3.05) is 0 Å². The lowest BCUT2D eigenvalue weighted by Crippen LogP contribution is -1.95. The van der Waals surface area contributed by atoms with Crippen LogP contribution in [-0.2, 0) is 6.54 Å². The van der Waals surface area contributed by atoms with Gasteiger partial charge in [-0.1, -0.05) is 30.3 Å². The normalized spacial score (nSPS) is 10.3. The second-order valence-corrected chi connectivity index (χ2v) is 4.01. The molecule has 0 unspecified atom stereocenters. The third-order valence-electron chi connectivity index (χ3n) is 2.83. The molecule has 0 aliphatic heterocycles. The molecule has 3 N–H and O–H groups in total. The van der Waals surface area contributed by atoms with Gasteiger partial charge in [-0.15, -0.1) is 12.4 Å². The van der Waals surface area contributed by atoms with Crippen LogP contribution < -0.4 is 5.73 Å². The molecule has 0 saturated heterocycles. The van der Waals surface area contributed by atoms with Crippen molar-refractivity contribution in [3.63, 3.8) is 0 Å². The Hall–Kier alpha value is -1.84.